The fourth-order valence-corrected chi connectivity index (χ4v) is 3.74. The molecular weight excluding hydrogens is 400 g/mol. The van der Waals surface area contributed by atoms with Crippen LogP contribution in [-0.2, 0) is 29.1 Å². The molecular formula is C22H24N4O5. The third-order valence-electron chi connectivity index (χ3n) is 5.16. The van der Waals surface area contributed by atoms with Crippen molar-refractivity contribution in [3.05, 3.63) is 65.4 Å². The van der Waals surface area contributed by atoms with Crippen molar-refractivity contribution in [1.82, 2.24) is 19.4 Å². The zero-order valence-corrected chi connectivity index (χ0v) is 17.3. The molecule has 3 N–H and O–H groups in total. The zero-order chi connectivity index (χ0) is 22.5. The zero-order valence-electron chi connectivity index (χ0n) is 17.3. The van der Waals surface area contributed by atoms with E-state index in [2.05, 4.69) is 33.6 Å². The van der Waals surface area contributed by atoms with Gasteiger partial charge in [-0.25, -0.2) is 14.6 Å². The van der Waals surface area contributed by atoms with Crippen LogP contribution in [0.25, 0.3) is 10.9 Å². The molecule has 1 amide bonds. The van der Waals surface area contributed by atoms with Crippen molar-refractivity contribution in [2.24, 2.45) is 0 Å². The van der Waals surface area contributed by atoms with Gasteiger partial charge in [0.25, 0.3) is 5.91 Å². The first-order valence-electron chi connectivity index (χ1n) is 9.85. The standard InChI is InChI=1S/C18H20N4O.C4H4O4/c1-3-22-15-7-5-4-6-13(15)17-16(22)8-9-21(18(17)23)10-14-12(2)19-11-20-14;5-3(6)1-2-4(7)8/h4-7,11H,3,8-10H2,1-2H3,(H,19,20);1-2H,(H,5,6)(H,7,8)/b;2-1-. The maximum atomic E-state index is 13.1. The quantitative estimate of drug-likeness (QED) is 0.540. The summed E-state index contributed by atoms with van der Waals surface area (Å²) in [6.07, 6.45) is 3.70. The second-order valence-electron chi connectivity index (χ2n) is 7.04. The largest absolute Gasteiger partial charge is 0.478 e. The number of hydrogen-bond acceptors (Lipinski definition) is 4. The summed E-state index contributed by atoms with van der Waals surface area (Å²) >= 11 is 0. The van der Waals surface area contributed by atoms with Gasteiger partial charge >= 0.3 is 11.9 Å². The van der Waals surface area contributed by atoms with E-state index in [-0.39, 0.29) is 5.91 Å². The molecule has 1 aliphatic rings. The second kappa shape index (κ2) is 9.29. The molecule has 2 aromatic heterocycles. The molecule has 3 heterocycles. The van der Waals surface area contributed by atoms with Crippen LogP contribution in [0.3, 0.4) is 0 Å². The Kier molecular flexibility index (Phi) is 6.54. The fourth-order valence-electron chi connectivity index (χ4n) is 3.74. The fraction of sp³-hybridized carbons (Fsp3) is 0.273. The number of benzene rings is 1. The number of carbonyl (C=O) groups excluding carboxylic acids is 1. The van der Waals surface area contributed by atoms with Crippen LogP contribution in [0.4, 0.5) is 0 Å². The lowest BCUT2D eigenvalue weighted by molar-refractivity contribution is -0.134. The van der Waals surface area contributed by atoms with E-state index in [1.165, 1.54) is 5.69 Å². The normalized spacial score (nSPS) is 13.2. The highest BCUT2D eigenvalue weighted by Crippen LogP contribution is 2.31. The molecule has 31 heavy (non-hydrogen) atoms. The van der Waals surface area contributed by atoms with E-state index in [1.54, 1.807) is 6.33 Å². The van der Waals surface area contributed by atoms with E-state index < -0.39 is 11.9 Å². The SMILES string of the molecule is CCn1c2c(c3ccccc31)C(=O)N(Cc1nc[nH]c1C)CC2.O=C(O)/C=C\C(=O)O. The highest BCUT2D eigenvalue weighted by Gasteiger charge is 2.30. The number of rotatable bonds is 5. The molecule has 9 nitrogen and oxygen atoms in total. The predicted octanol–water partition coefficient (Wildman–Crippen LogP) is 2.60. The Morgan fingerprint density at radius 3 is 2.45 bits per heavy atom. The van der Waals surface area contributed by atoms with Crippen molar-refractivity contribution in [1.29, 1.82) is 0 Å². The van der Waals surface area contributed by atoms with Crippen LogP contribution in [0.5, 0.6) is 0 Å². The molecule has 0 atom stereocenters. The number of imidazole rings is 1. The van der Waals surface area contributed by atoms with Gasteiger partial charge < -0.3 is 24.7 Å². The third-order valence-corrected chi connectivity index (χ3v) is 5.16. The summed E-state index contributed by atoms with van der Waals surface area (Å²) in [5.74, 6) is -2.39. The van der Waals surface area contributed by atoms with E-state index in [1.807, 2.05) is 24.0 Å². The molecule has 1 aromatic carbocycles. The first-order valence-corrected chi connectivity index (χ1v) is 9.85. The van der Waals surface area contributed by atoms with Crippen molar-refractivity contribution in [2.45, 2.75) is 33.4 Å². The number of amides is 1. The Morgan fingerprint density at radius 1 is 1.19 bits per heavy atom. The van der Waals surface area contributed by atoms with Crippen LogP contribution in [0.2, 0.25) is 0 Å². The maximum Gasteiger partial charge on any atom is 0.328 e. The van der Waals surface area contributed by atoms with E-state index in [9.17, 15) is 14.4 Å². The molecule has 0 saturated carbocycles. The van der Waals surface area contributed by atoms with E-state index in [0.29, 0.717) is 18.7 Å². The number of nitrogens with one attached hydrogen (secondary N) is 1. The minimum Gasteiger partial charge on any atom is -0.478 e. The van der Waals surface area contributed by atoms with Gasteiger partial charge in [-0.05, 0) is 19.9 Å². The molecule has 0 saturated heterocycles. The van der Waals surface area contributed by atoms with Crippen molar-refractivity contribution >= 4 is 28.7 Å². The highest BCUT2D eigenvalue weighted by molar-refractivity contribution is 6.09. The average molecular weight is 424 g/mol. The van der Waals surface area contributed by atoms with Gasteiger partial charge in [-0.15, -0.1) is 0 Å². The van der Waals surface area contributed by atoms with Gasteiger partial charge in [-0.3, -0.25) is 4.79 Å². The van der Waals surface area contributed by atoms with Crippen molar-refractivity contribution < 1.29 is 24.6 Å². The summed E-state index contributed by atoms with van der Waals surface area (Å²) in [5, 5.41) is 16.7. The minimum absolute atomic E-state index is 0.122. The van der Waals surface area contributed by atoms with Crippen LogP contribution < -0.4 is 0 Å². The molecule has 0 radical (unpaired) electrons. The number of para-hydroxylation sites is 1. The van der Waals surface area contributed by atoms with Gasteiger partial charge in [-0.1, -0.05) is 18.2 Å². The Bertz CT molecular complexity index is 1140. The summed E-state index contributed by atoms with van der Waals surface area (Å²) in [7, 11) is 0. The molecule has 0 unspecified atom stereocenters. The number of aryl methyl sites for hydroxylation is 2. The Hall–Kier alpha value is -3.88. The van der Waals surface area contributed by atoms with Gasteiger partial charge in [0.2, 0.25) is 0 Å². The molecule has 1 aliphatic heterocycles. The van der Waals surface area contributed by atoms with Crippen LogP contribution in [-0.4, -0.2) is 54.0 Å². The maximum absolute atomic E-state index is 13.1. The van der Waals surface area contributed by atoms with Gasteiger partial charge in [0, 0.05) is 54.0 Å². The number of aromatic amines is 1. The summed E-state index contributed by atoms with van der Waals surface area (Å²) < 4.78 is 2.28. The lowest BCUT2D eigenvalue weighted by atomic mass is 10.0. The monoisotopic (exact) mass is 424 g/mol. The molecule has 9 heteroatoms. The number of aliphatic carboxylic acids is 2. The topological polar surface area (TPSA) is 129 Å². The lowest BCUT2D eigenvalue weighted by Gasteiger charge is -2.27. The third kappa shape index (κ3) is 4.66. The average Bonchev–Trinajstić information content (AvgIpc) is 3.29. The highest BCUT2D eigenvalue weighted by atomic mass is 16.4. The summed E-state index contributed by atoms with van der Waals surface area (Å²) in [4.78, 5) is 41.5. The summed E-state index contributed by atoms with van der Waals surface area (Å²) in [6, 6.07) is 8.20. The molecule has 0 aliphatic carbocycles. The Balaban J connectivity index is 0.000000293. The van der Waals surface area contributed by atoms with Gasteiger partial charge in [0.1, 0.15) is 0 Å². The number of nitrogens with zero attached hydrogens (tertiary/aromatic N) is 3. The number of carboxylic acid groups (broad SMARTS) is 2. The second-order valence-corrected chi connectivity index (χ2v) is 7.04. The Labute approximate surface area is 178 Å². The van der Waals surface area contributed by atoms with Crippen molar-refractivity contribution in [3.63, 3.8) is 0 Å². The molecule has 162 valence electrons. The first kappa shape index (κ1) is 21.8. The lowest BCUT2D eigenvalue weighted by Crippen LogP contribution is -2.37. The number of carboxylic acids is 2. The van der Waals surface area contributed by atoms with Crippen LogP contribution in [0.1, 0.15) is 34.4 Å². The number of carbonyl (C=O) groups is 3. The van der Waals surface area contributed by atoms with Gasteiger partial charge in [0.05, 0.1) is 24.1 Å². The number of fused-ring (bicyclic) bond motifs is 3. The molecule has 0 fully saturated rings. The van der Waals surface area contributed by atoms with Crippen molar-refractivity contribution in [3.8, 4) is 0 Å². The minimum atomic E-state index is -1.26. The van der Waals surface area contributed by atoms with E-state index in [4.69, 9.17) is 10.2 Å². The molecule has 0 bridgehead atoms. The molecule has 4 rings (SSSR count). The first-order chi connectivity index (χ1) is 14.8. The van der Waals surface area contributed by atoms with Gasteiger partial charge in [-0.2, -0.15) is 0 Å². The van der Waals surface area contributed by atoms with Crippen LogP contribution in [0.15, 0.2) is 42.7 Å². The molecule has 0 spiro atoms. The summed E-state index contributed by atoms with van der Waals surface area (Å²) in [6.45, 7) is 6.33. The number of aromatic nitrogens is 3. The summed E-state index contributed by atoms with van der Waals surface area (Å²) in [5.41, 5.74) is 5.18. The number of hydrogen-bond donors (Lipinski definition) is 3. The predicted molar refractivity (Wildman–Crippen MR) is 114 cm³/mol. The van der Waals surface area contributed by atoms with E-state index >= 15 is 0 Å². The van der Waals surface area contributed by atoms with Crippen LogP contribution in [0, 0.1) is 6.92 Å². The Morgan fingerprint density at radius 2 is 1.87 bits per heavy atom. The van der Waals surface area contributed by atoms with Crippen molar-refractivity contribution in [2.75, 3.05) is 6.54 Å². The van der Waals surface area contributed by atoms with Crippen LogP contribution >= 0.6 is 0 Å². The molecule has 3 aromatic rings. The number of H-pyrrole nitrogens is 1. The smallest absolute Gasteiger partial charge is 0.328 e. The van der Waals surface area contributed by atoms with Gasteiger partial charge in [0.15, 0.2) is 0 Å². The van der Waals surface area contributed by atoms with E-state index in [0.717, 1.165) is 47.4 Å².